The quantitative estimate of drug-likeness (QED) is 0.784. The molecule has 0 radical (unpaired) electrons. The number of nitrogens with one attached hydrogen (secondary N) is 1. The highest BCUT2D eigenvalue weighted by atomic mass is 19.4. The van der Waals surface area contributed by atoms with Gasteiger partial charge < -0.3 is 9.72 Å². The Balaban J connectivity index is 1.97. The van der Waals surface area contributed by atoms with Gasteiger partial charge in [-0.2, -0.15) is 0 Å². The predicted octanol–water partition coefficient (Wildman–Crippen LogP) is 2.92. The van der Waals surface area contributed by atoms with Crippen LogP contribution in [0.3, 0.4) is 0 Å². The van der Waals surface area contributed by atoms with Crippen LogP contribution in [0.4, 0.5) is 13.2 Å². The van der Waals surface area contributed by atoms with Gasteiger partial charge in [0.1, 0.15) is 23.3 Å². The van der Waals surface area contributed by atoms with Crippen LogP contribution in [0.1, 0.15) is 0 Å². The monoisotopic (exact) mass is 280 g/mol. The normalized spacial score (nSPS) is 11.8. The zero-order chi connectivity index (χ0) is 14.2. The summed E-state index contributed by atoms with van der Waals surface area (Å²) in [7, 11) is 0. The van der Waals surface area contributed by atoms with Gasteiger partial charge in [0.05, 0.1) is 6.33 Å². The van der Waals surface area contributed by atoms with Crippen LogP contribution in [-0.2, 0) is 0 Å². The summed E-state index contributed by atoms with van der Waals surface area (Å²) >= 11 is 0. The zero-order valence-electron chi connectivity index (χ0n) is 9.85. The summed E-state index contributed by atoms with van der Waals surface area (Å²) < 4.78 is 40.0. The van der Waals surface area contributed by atoms with Gasteiger partial charge in [-0.3, -0.25) is 0 Å². The van der Waals surface area contributed by atoms with Crippen LogP contribution < -0.4 is 4.74 Å². The molecular weight excluding hydrogens is 273 g/mol. The Hall–Kier alpha value is -2.64. The highest BCUT2D eigenvalue weighted by Crippen LogP contribution is 2.27. The fraction of sp³-hybridized carbons (Fsp3) is 0.0833. The highest BCUT2D eigenvalue weighted by Gasteiger charge is 2.31. The van der Waals surface area contributed by atoms with Gasteiger partial charge in [-0.15, -0.1) is 13.2 Å². The topological polar surface area (TPSA) is 63.7 Å². The molecule has 0 aliphatic rings. The molecule has 1 aromatic carbocycles. The van der Waals surface area contributed by atoms with Crippen LogP contribution in [0.25, 0.3) is 22.4 Å². The second-order valence-corrected chi connectivity index (χ2v) is 3.89. The lowest BCUT2D eigenvalue weighted by molar-refractivity contribution is -0.274. The van der Waals surface area contributed by atoms with Crippen molar-refractivity contribution in [3.8, 4) is 17.0 Å². The average molecular weight is 280 g/mol. The number of hydrogen-bond donors (Lipinski definition) is 1. The Bertz CT molecular complexity index is 736. The van der Waals surface area contributed by atoms with Gasteiger partial charge in [0.15, 0.2) is 5.65 Å². The molecule has 5 nitrogen and oxygen atoms in total. The maximum Gasteiger partial charge on any atom is 0.573 e. The number of nitrogens with zero attached hydrogens (tertiary/aromatic N) is 3. The van der Waals surface area contributed by atoms with E-state index < -0.39 is 6.36 Å². The molecule has 0 fully saturated rings. The SMILES string of the molecule is FC(F)(F)Oc1ccc(-c2ncnc3[nH]cnc23)cc1. The fourth-order valence-electron chi connectivity index (χ4n) is 1.79. The van der Waals surface area contributed by atoms with Crippen LogP contribution in [0.15, 0.2) is 36.9 Å². The molecule has 0 bridgehead atoms. The summed E-state index contributed by atoms with van der Waals surface area (Å²) in [5.41, 5.74) is 2.27. The van der Waals surface area contributed by atoms with Crippen molar-refractivity contribution in [2.75, 3.05) is 0 Å². The van der Waals surface area contributed by atoms with Gasteiger partial charge in [0.25, 0.3) is 0 Å². The number of benzene rings is 1. The number of fused-ring (bicyclic) bond motifs is 1. The Morgan fingerprint density at radius 2 is 1.75 bits per heavy atom. The number of aromatic amines is 1. The first kappa shape index (κ1) is 12.4. The molecule has 0 saturated carbocycles. The van der Waals surface area contributed by atoms with E-state index in [0.29, 0.717) is 22.4 Å². The molecule has 2 heterocycles. The first-order chi connectivity index (χ1) is 9.53. The number of halogens is 3. The van der Waals surface area contributed by atoms with Crippen LogP contribution in [0.5, 0.6) is 5.75 Å². The van der Waals surface area contributed by atoms with E-state index in [1.165, 1.54) is 36.9 Å². The van der Waals surface area contributed by atoms with Gasteiger partial charge in [0.2, 0.25) is 0 Å². The Labute approximate surface area is 110 Å². The second-order valence-electron chi connectivity index (χ2n) is 3.89. The molecule has 0 unspecified atom stereocenters. The number of hydrogen-bond acceptors (Lipinski definition) is 4. The maximum atomic E-state index is 12.1. The third-order valence-electron chi connectivity index (χ3n) is 2.58. The minimum Gasteiger partial charge on any atom is -0.406 e. The minimum absolute atomic E-state index is 0.284. The summed E-state index contributed by atoms with van der Waals surface area (Å²) in [6.07, 6.45) is -1.87. The molecule has 0 saturated heterocycles. The molecule has 3 aromatic rings. The Morgan fingerprint density at radius 1 is 1.00 bits per heavy atom. The molecule has 0 aliphatic heterocycles. The smallest absolute Gasteiger partial charge is 0.406 e. The first-order valence-corrected chi connectivity index (χ1v) is 5.53. The predicted molar refractivity (Wildman–Crippen MR) is 63.8 cm³/mol. The van der Waals surface area contributed by atoms with Gasteiger partial charge in [-0.25, -0.2) is 15.0 Å². The van der Waals surface area contributed by atoms with E-state index in [1.807, 2.05) is 0 Å². The summed E-state index contributed by atoms with van der Waals surface area (Å²) in [6.45, 7) is 0. The van der Waals surface area contributed by atoms with Crippen molar-refractivity contribution in [2.45, 2.75) is 6.36 Å². The number of ether oxygens (including phenoxy) is 1. The number of rotatable bonds is 2. The molecule has 1 N–H and O–H groups in total. The number of alkyl halides is 3. The maximum absolute atomic E-state index is 12.1. The van der Waals surface area contributed by atoms with Crippen molar-refractivity contribution < 1.29 is 17.9 Å². The number of aromatic nitrogens is 4. The Kier molecular flexibility index (Phi) is 2.78. The van der Waals surface area contributed by atoms with E-state index in [2.05, 4.69) is 24.7 Å². The van der Waals surface area contributed by atoms with E-state index in [-0.39, 0.29) is 5.75 Å². The first-order valence-electron chi connectivity index (χ1n) is 5.53. The number of H-pyrrole nitrogens is 1. The third kappa shape index (κ3) is 2.40. The molecule has 8 heteroatoms. The van der Waals surface area contributed by atoms with E-state index >= 15 is 0 Å². The fourth-order valence-corrected chi connectivity index (χ4v) is 1.79. The minimum atomic E-state index is -4.70. The standard InChI is InChI=1S/C12H7F3N4O/c13-12(14,15)20-8-3-1-7(2-4-8)9-10-11(18-5-16-9)19-6-17-10/h1-6H,(H,16,17,18,19). The lowest BCUT2D eigenvalue weighted by Gasteiger charge is -2.09. The molecule has 102 valence electrons. The summed E-state index contributed by atoms with van der Waals surface area (Å²) in [5, 5.41) is 0. The molecule has 20 heavy (non-hydrogen) atoms. The van der Waals surface area contributed by atoms with Crippen LogP contribution in [-0.4, -0.2) is 26.3 Å². The molecule has 0 aliphatic carbocycles. The van der Waals surface area contributed by atoms with E-state index in [4.69, 9.17) is 0 Å². The van der Waals surface area contributed by atoms with E-state index in [1.54, 1.807) is 0 Å². The van der Waals surface area contributed by atoms with Crippen molar-refractivity contribution in [3.05, 3.63) is 36.9 Å². The molecule has 0 spiro atoms. The molecule has 3 rings (SSSR count). The van der Waals surface area contributed by atoms with Crippen LogP contribution in [0.2, 0.25) is 0 Å². The van der Waals surface area contributed by atoms with Crippen molar-refractivity contribution >= 4 is 11.2 Å². The van der Waals surface area contributed by atoms with Gasteiger partial charge in [0, 0.05) is 5.56 Å². The lowest BCUT2D eigenvalue weighted by atomic mass is 10.1. The summed E-state index contributed by atoms with van der Waals surface area (Å²) in [5.74, 6) is -0.284. The summed E-state index contributed by atoms with van der Waals surface area (Å²) in [6, 6.07) is 5.42. The van der Waals surface area contributed by atoms with Crippen molar-refractivity contribution in [1.29, 1.82) is 0 Å². The second kappa shape index (κ2) is 4.48. The van der Waals surface area contributed by atoms with Crippen LogP contribution in [0, 0.1) is 0 Å². The van der Waals surface area contributed by atoms with E-state index in [9.17, 15) is 13.2 Å². The number of imidazole rings is 1. The Morgan fingerprint density at radius 3 is 2.45 bits per heavy atom. The van der Waals surface area contributed by atoms with Crippen molar-refractivity contribution in [1.82, 2.24) is 19.9 Å². The van der Waals surface area contributed by atoms with E-state index in [0.717, 1.165) is 0 Å². The lowest BCUT2D eigenvalue weighted by Crippen LogP contribution is -2.16. The van der Waals surface area contributed by atoms with Crippen LogP contribution >= 0.6 is 0 Å². The molecular formula is C12H7F3N4O. The third-order valence-corrected chi connectivity index (χ3v) is 2.58. The largest absolute Gasteiger partial charge is 0.573 e. The van der Waals surface area contributed by atoms with Gasteiger partial charge >= 0.3 is 6.36 Å². The highest BCUT2D eigenvalue weighted by molar-refractivity contribution is 5.86. The molecule has 0 atom stereocenters. The molecule has 0 amide bonds. The van der Waals surface area contributed by atoms with Gasteiger partial charge in [-0.1, -0.05) is 0 Å². The summed E-state index contributed by atoms with van der Waals surface area (Å²) in [4.78, 5) is 15.0. The van der Waals surface area contributed by atoms with Gasteiger partial charge in [-0.05, 0) is 24.3 Å². The van der Waals surface area contributed by atoms with Crippen molar-refractivity contribution in [3.63, 3.8) is 0 Å². The molecule has 2 aromatic heterocycles. The average Bonchev–Trinajstić information content (AvgIpc) is 2.86. The zero-order valence-corrected chi connectivity index (χ0v) is 9.85. The van der Waals surface area contributed by atoms with Crippen molar-refractivity contribution in [2.24, 2.45) is 0 Å².